The molecule has 13 heteroatoms. The van der Waals surface area contributed by atoms with E-state index in [1.807, 2.05) is 12.1 Å². The normalized spacial score (nSPS) is 15.5. The van der Waals surface area contributed by atoms with Crippen LogP contribution in [0.4, 0.5) is 35.2 Å². The number of nitrogens with two attached hydrogens (primary N) is 2. The number of anilines is 3. The van der Waals surface area contributed by atoms with Crippen LogP contribution in [-0.4, -0.2) is 50.3 Å². The monoisotopic (exact) mass is 602 g/mol. The lowest BCUT2D eigenvalue weighted by Gasteiger charge is -2.31. The third-order valence-corrected chi connectivity index (χ3v) is 7.69. The van der Waals surface area contributed by atoms with Gasteiger partial charge in [0.2, 0.25) is 0 Å². The van der Waals surface area contributed by atoms with Crippen molar-refractivity contribution in [1.29, 1.82) is 0 Å². The van der Waals surface area contributed by atoms with Crippen molar-refractivity contribution in [3.05, 3.63) is 83.9 Å². The average molecular weight is 603 g/mol. The molecule has 0 aliphatic carbocycles. The van der Waals surface area contributed by atoms with Crippen LogP contribution in [0.25, 0.3) is 27.5 Å². The van der Waals surface area contributed by atoms with Gasteiger partial charge in [-0.1, -0.05) is 36.4 Å². The Labute approximate surface area is 249 Å². The van der Waals surface area contributed by atoms with Crippen LogP contribution in [0.2, 0.25) is 0 Å². The molecule has 0 bridgehead atoms. The molecular formula is C31H29F3N8O2. The molecule has 1 saturated heterocycles. The maximum Gasteiger partial charge on any atom is 0.416 e. The fourth-order valence-corrected chi connectivity index (χ4v) is 5.68. The predicted octanol–water partition coefficient (Wildman–Crippen LogP) is 5.67. The Kier molecular flexibility index (Phi) is 7.33. The van der Waals surface area contributed by atoms with Crippen molar-refractivity contribution >= 4 is 45.4 Å². The first-order valence-corrected chi connectivity index (χ1v) is 14.0. The molecule has 6 N–H and O–H groups in total. The van der Waals surface area contributed by atoms with Crippen LogP contribution in [0.15, 0.2) is 66.9 Å². The first kappa shape index (κ1) is 28.9. The van der Waals surface area contributed by atoms with Gasteiger partial charge in [0, 0.05) is 35.8 Å². The van der Waals surface area contributed by atoms with Crippen LogP contribution in [0, 0.1) is 6.92 Å². The Morgan fingerprint density at radius 2 is 1.80 bits per heavy atom. The lowest BCUT2D eigenvalue weighted by atomic mass is 10.00. The lowest BCUT2D eigenvalue weighted by Crippen LogP contribution is -2.46. The molecule has 1 aliphatic heterocycles. The predicted molar refractivity (Wildman–Crippen MR) is 162 cm³/mol. The number of likely N-dealkylation sites (tertiary alicyclic amines) is 1. The Hall–Kier alpha value is -5.17. The number of hydrogen-bond acceptors (Lipinski definition) is 6. The average Bonchev–Trinajstić information content (AvgIpc) is 3.34. The van der Waals surface area contributed by atoms with E-state index in [2.05, 4.69) is 15.6 Å². The summed E-state index contributed by atoms with van der Waals surface area (Å²) in [6.07, 6.45) is -1.41. The van der Waals surface area contributed by atoms with Crippen molar-refractivity contribution in [2.75, 3.05) is 29.5 Å². The first-order valence-electron chi connectivity index (χ1n) is 14.0. The zero-order valence-corrected chi connectivity index (χ0v) is 23.7. The number of nitrogens with one attached hydrogen (secondary N) is 2. The number of carbonyl (C=O) groups excluding carboxylic acids is 2. The number of amides is 3. The highest BCUT2D eigenvalue weighted by Gasteiger charge is 2.31. The maximum atomic E-state index is 13.6. The maximum absolute atomic E-state index is 13.6. The van der Waals surface area contributed by atoms with Crippen LogP contribution in [0.5, 0.6) is 0 Å². The fraction of sp³-hybridized carbons (Fsp3) is 0.226. The summed E-state index contributed by atoms with van der Waals surface area (Å²) in [4.78, 5) is 37.3. The van der Waals surface area contributed by atoms with Gasteiger partial charge >= 0.3 is 12.2 Å². The summed E-state index contributed by atoms with van der Waals surface area (Å²) >= 11 is 0. The van der Waals surface area contributed by atoms with Gasteiger partial charge in [-0.3, -0.25) is 9.20 Å². The molecule has 10 nitrogen and oxygen atoms in total. The second-order valence-corrected chi connectivity index (χ2v) is 10.7. The number of nitrogens with zero attached hydrogens (tertiary/aromatic N) is 4. The van der Waals surface area contributed by atoms with E-state index >= 15 is 0 Å². The number of fused-ring (bicyclic) bond motifs is 2. The summed E-state index contributed by atoms with van der Waals surface area (Å²) in [6.45, 7) is 2.83. The molecule has 0 saturated carbocycles. The number of aromatic nitrogens is 3. The van der Waals surface area contributed by atoms with Crippen molar-refractivity contribution in [2.45, 2.75) is 32.0 Å². The molecular weight excluding hydrogens is 573 g/mol. The number of hydrogen-bond donors (Lipinski definition) is 4. The molecule has 3 heterocycles. The molecule has 1 aliphatic rings. The van der Waals surface area contributed by atoms with E-state index in [0.29, 0.717) is 52.5 Å². The van der Waals surface area contributed by atoms with Crippen LogP contribution in [0.1, 0.15) is 34.7 Å². The Balaban J connectivity index is 1.36. The number of aryl methyl sites for hydroxylation is 1. The quantitative estimate of drug-likeness (QED) is 0.209. The molecule has 226 valence electrons. The summed E-state index contributed by atoms with van der Waals surface area (Å²) < 4.78 is 41.1. The highest BCUT2D eigenvalue weighted by molar-refractivity contribution is 6.11. The molecule has 44 heavy (non-hydrogen) atoms. The SMILES string of the molecule is Cc1nc(-c2ccc(NC(=O)Nc3cccc(C(F)(F)F)c3)c3ccccc23)c2c(N)ncc(C(=O)N3CCC[C@@H](N)C3)n12. The lowest BCUT2D eigenvalue weighted by molar-refractivity contribution is -0.137. The molecule has 0 radical (unpaired) electrons. The topological polar surface area (TPSA) is 144 Å². The van der Waals surface area contributed by atoms with E-state index in [4.69, 9.17) is 16.5 Å². The summed E-state index contributed by atoms with van der Waals surface area (Å²) in [5.74, 6) is 0.528. The standard InChI is InChI=1S/C31H29F3N8O2/c1-17-38-26(27-28(36)37-15-25(42(17)27)29(43)41-13-5-7-19(35)16-41)23-11-12-24(22-10-3-2-9-21(22)23)40-30(44)39-20-8-4-6-18(14-20)31(32,33)34/h2-4,6,8-12,14-15,19H,5,7,13,16,35H2,1H3,(H2,36,37)(H2,39,40,44)/t19-/m1/s1. The van der Waals surface area contributed by atoms with Crippen LogP contribution in [-0.2, 0) is 6.18 Å². The third-order valence-electron chi connectivity index (χ3n) is 7.69. The van der Waals surface area contributed by atoms with Gasteiger partial charge in [0.1, 0.15) is 28.5 Å². The van der Waals surface area contributed by atoms with Gasteiger partial charge in [0.05, 0.1) is 17.4 Å². The summed E-state index contributed by atoms with van der Waals surface area (Å²) in [5, 5.41) is 6.58. The summed E-state index contributed by atoms with van der Waals surface area (Å²) in [6, 6.07) is 14.3. The number of imidazole rings is 1. The number of nitrogen functional groups attached to an aromatic ring is 1. The summed E-state index contributed by atoms with van der Waals surface area (Å²) in [7, 11) is 0. The highest BCUT2D eigenvalue weighted by atomic mass is 19.4. The molecule has 0 unspecified atom stereocenters. The Morgan fingerprint density at radius 1 is 1.02 bits per heavy atom. The van der Waals surface area contributed by atoms with Gasteiger partial charge in [-0.25, -0.2) is 14.8 Å². The molecule has 3 amide bonds. The van der Waals surface area contributed by atoms with Crippen molar-refractivity contribution in [3.63, 3.8) is 0 Å². The zero-order valence-electron chi connectivity index (χ0n) is 23.7. The van der Waals surface area contributed by atoms with Gasteiger partial charge in [-0.15, -0.1) is 0 Å². The summed E-state index contributed by atoms with van der Waals surface area (Å²) in [5.41, 5.74) is 14.1. The van der Waals surface area contributed by atoms with Crippen LogP contribution in [0.3, 0.4) is 0 Å². The molecule has 2 aromatic heterocycles. The van der Waals surface area contributed by atoms with E-state index in [-0.39, 0.29) is 23.5 Å². The van der Waals surface area contributed by atoms with E-state index in [0.717, 1.165) is 30.4 Å². The van der Waals surface area contributed by atoms with Crippen molar-refractivity contribution in [2.24, 2.45) is 5.73 Å². The second-order valence-electron chi connectivity index (χ2n) is 10.7. The number of urea groups is 1. The van der Waals surface area contributed by atoms with Crippen molar-refractivity contribution in [1.82, 2.24) is 19.3 Å². The third kappa shape index (κ3) is 5.37. The molecule has 0 spiro atoms. The van der Waals surface area contributed by atoms with Gasteiger partial charge in [0.25, 0.3) is 5.91 Å². The highest BCUT2D eigenvalue weighted by Crippen LogP contribution is 2.37. The number of halogens is 3. The fourth-order valence-electron chi connectivity index (χ4n) is 5.68. The van der Waals surface area contributed by atoms with Gasteiger partial charge in [0.15, 0.2) is 0 Å². The van der Waals surface area contributed by atoms with Gasteiger partial charge < -0.3 is 27.0 Å². The Bertz CT molecular complexity index is 1920. The number of alkyl halides is 3. The number of rotatable bonds is 4. The van der Waals surface area contributed by atoms with Crippen molar-refractivity contribution < 1.29 is 22.8 Å². The number of piperidine rings is 1. The molecule has 1 fully saturated rings. The molecule has 3 aromatic carbocycles. The number of carbonyl (C=O) groups is 2. The van der Waals surface area contributed by atoms with Gasteiger partial charge in [-0.05, 0) is 49.4 Å². The molecule has 1 atom stereocenters. The van der Waals surface area contributed by atoms with Crippen LogP contribution >= 0.6 is 0 Å². The minimum Gasteiger partial charge on any atom is -0.382 e. The van der Waals surface area contributed by atoms with E-state index in [9.17, 15) is 22.8 Å². The minimum atomic E-state index is -4.54. The molecule has 5 aromatic rings. The van der Waals surface area contributed by atoms with E-state index < -0.39 is 17.8 Å². The zero-order chi connectivity index (χ0) is 31.2. The smallest absolute Gasteiger partial charge is 0.382 e. The van der Waals surface area contributed by atoms with E-state index in [1.165, 1.54) is 18.3 Å². The first-order chi connectivity index (χ1) is 21.0. The minimum absolute atomic E-state index is 0.00179. The van der Waals surface area contributed by atoms with Crippen molar-refractivity contribution in [3.8, 4) is 11.3 Å². The van der Waals surface area contributed by atoms with E-state index in [1.54, 1.807) is 40.5 Å². The Morgan fingerprint density at radius 3 is 2.55 bits per heavy atom. The molecule has 6 rings (SSSR count). The van der Waals surface area contributed by atoms with Crippen LogP contribution < -0.4 is 22.1 Å². The van der Waals surface area contributed by atoms with Gasteiger partial charge in [-0.2, -0.15) is 13.2 Å². The number of benzene rings is 3. The second kappa shape index (κ2) is 11.2. The largest absolute Gasteiger partial charge is 0.416 e.